The van der Waals surface area contributed by atoms with Gasteiger partial charge in [0, 0.05) is 18.2 Å². The fourth-order valence-electron chi connectivity index (χ4n) is 1.99. The van der Waals surface area contributed by atoms with Gasteiger partial charge in [-0.3, -0.25) is 0 Å². The van der Waals surface area contributed by atoms with E-state index in [1.54, 1.807) is 0 Å². The van der Waals surface area contributed by atoms with Gasteiger partial charge in [0.25, 0.3) is 0 Å². The van der Waals surface area contributed by atoms with Crippen molar-refractivity contribution in [1.82, 2.24) is 5.32 Å². The van der Waals surface area contributed by atoms with Crippen molar-refractivity contribution in [3.05, 3.63) is 0 Å². The molecule has 1 heterocycles. The average Bonchev–Trinajstić information content (AvgIpc) is 2.36. The molecule has 0 bridgehead atoms. The predicted molar refractivity (Wildman–Crippen MR) is 44.6 cm³/mol. The highest BCUT2D eigenvalue weighted by Crippen LogP contribution is 2.32. The van der Waals surface area contributed by atoms with Gasteiger partial charge in [0.2, 0.25) is 0 Å². The molecule has 1 aliphatic heterocycles. The van der Waals surface area contributed by atoms with E-state index in [9.17, 15) is 0 Å². The minimum atomic E-state index is 0.457. The van der Waals surface area contributed by atoms with Crippen LogP contribution in [-0.2, 0) is 4.74 Å². The smallest absolute Gasteiger partial charge is 0.0620 e. The molecule has 0 aromatic rings. The second-order valence-corrected chi connectivity index (χ2v) is 4.12. The van der Waals surface area contributed by atoms with Gasteiger partial charge in [0.1, 0.15) is 0 Å². The highest BCUT2D eigenvalue weighted by molar-refractivity contribution is 4.94. The van der Waals surface area contributed by atoms with E-state index >= 15 is 0 Å². The van der Waals surface area contributed by atoms with Gasteiger partial charge in [-0.2, -0.15) is 0 Å². The maximum Gasteiger partial charge on any atom is 0.0620 e. The molecule has 64 valence electrons. The van der Waals surface area contributed by atoms with Crippen LogP contribution in [0.25, 0.3) is 0 Å². The zero-order chi connectivity index (χ0) is 7.73. The summed E-state index contributed by atoms with van der Waals surface area (Å²) in [6.45, 7) is 4.21. The number of rotatable bonds is 2. The van der Waals surface area contributed by atoms with Crippen LogP contribution in [0.3, 0.4) is 0 Å². The summed E-state index contributed by atoms with van der Waals surface area (Å²) < 4.78 is 5.31. The first kappa shape index (κ1) is 7.56. The molecule has 1 atom stereocenters. The minimum Gasteiger partial charge on any atom is -0.380 e. The third-order valence-corrected chi connectivity index (χ3v) is 2.94. The van der Waals surface area contributed by atoms with Gasteiger partial charge < -0.3 is 10.1 Å². The standard InChI is InChI=1S/C9H17NO/c1-9(4-2-5-9)10-8-3-6-11-7-8/h8,10H,2-7H2,1H3. The lowest BCUT2D eigenvalue weighted by molar-refractivity contribution is 0.155. The van der Waals surface area contributed by atoms with Crippen molar-refractivity contribution in [3.63, 3.8) is 0 Å². The Bertz CT molecular complexity index is 136. The molecule has 1 aliphatic carbocycles. The van der Waals surface area contributed by atoms with Crippen molar-refractivity contribution in [2.24, 2.45) is 0 Å². The molecular weight excluding hydrogens is 138 g/mol. The first-order valence-corrected chi connectivity index (χ1v) is 4.64. The Hall–Kier alpha value is -0.0800. The van der Waals surface area contributed by atoms with Crippen LogP contribution >= 0.6 is 0 Å². The third kappa shape index (κ3) is 1.57. The Kier molecular flexibility index (Phi) is 1.90. The predicted octanol–water partition coefficient (Wildman–Crippen LogP) is 1.31. The molecule has 2 aliphatic rings. The molecule has 2 fully saturated rings. The number of ether oxygens (including phenoxy) is 1. The fraction of sp³-hybridized carbons (Fsp3) is 1.00. The third-order valence-electron chi connectivity index (χ3n) is 2.94. The molecular formula is C9H17NO. The molecule has 0 amide bonds. The van der Waals surface area contributed by atoms with Crippen molar-refractivity contribution in [3.8, 4) is 0 Å². The van der Waals surface area contributed by atoms with Gasteiger partial charge >= 0.3 is 0 Å². The van der Waals surface area contributed by atoms with Gasteiger partial charge in [0.05, 0.1) is 6.61 Å². The van der Waals surface area contributed by atoms with E-state index in [2.05, 4.69) is 12.2 Å². The topological polar surface area (TPSA) is 21.3 Å². The average molecular weight is 155 g/mol. The van der Waals surface area contributed by atoms with Crippen LogP contribution in [0.15, 0.2) is 0 Å². The van der Waals surface area contributed by atoms with Crippen molar-refractivity contribution in [2.75, 3.05) is 13.2 Å². The normalized spacial score (nSPS) is 35.2. The van der Waals surface area contributed by atoms with Gasteiger partial charge in [-0.15, -0.1) is 0 Å². The molecule has 2 heteroatoms. The molecule has 2 nitrogen and oxygen atoms in total. The molecule has 11 heavy (non-hydrogen) atoms. The molecule has 1 unspecified atom stereocenters. The van der Waals surface area contributed by atoms with E-state index in [1.807, 2.05) is 0 Å². The summed E-state index contributed by atoms with van der Waals surface area (Å²) >= 11 is 0. The Morgan fingerprint density at radius 2 is 2.27 bits per heavy atom. The zero-order valence-electron chi connectivity index (χ0n) is 7.23. The first-order valence-electron chi connectivity index (χ1n) is 4.64. The van der Waals surface area contributed by atoms with Crippen molar-refractivity contribution in [2.45, 2.75) is 44.2 Å². The summed E-state index contributed by atoms with van der Waals surface area (Å²) in [6.07, 6.45) is 5.31. The zero-order valence-corrected chi connectivity index (χ0v) is 7.23. The van der Waals surface area contributed by atoms with Gasteiger partial charge in [0.15, 0.2) is 0 Å². The quantitative estimate of drug-likeness (QED) is 0.649. The number of hydrogen-bond donors (Lipinski definition) is 1. The second kappa shape index (κ2) is 2.76. The van der Waals surface area contributed by atoms with E-state index in [0.717, 1.165) is 13.2 Å². The lowest BCUT2D eigenvalue weighted by Crippen LogP contribution is -2.52. The Morgan fingerprint density at radius 1 is 1.45 bits per heavy atom. The van der Waals surface area contributed by atoms with Crippen molar-refractivity contribution in [1.29, 1.82) is 0 Å². The van der Waals surface area contributed by atoms with E-state index in [-0.39, 0.29) is 0 Å². The fourth-order valence-corrected chi connectivity index (χ4v) is 1.99. The van der Waals surface area contributed by atoms with Crippen LogP contribution in [0.4, 0.5) is 0 Å². The lowest BCUT2D eigenvalue weighted by Gasteiger charge is -2.41. The molecule has 2 rings (SSSR count). The van der Waals surface area contributed by atoms with Crippen LogP contribution in [0, 0.1) is 0 Å². The van der Waals surface area contributed by atoms with Crippen LogP contribution < -0.4 is 5.32 Å². The molecule has 0 radical (unpaired) electrons. The van der Waals surface area contributed by atoms with Gasteiger partial charge in [-0.1, -0.05) is 0 Å². The Labute approximate surface area is 68.3 Å². The van der Waals surface area contributed by atoms with E-state index in [1.165, 1.54) is 25.7 Å². The molecule has 1 saturated carbocycles. The monoisotopic (exact) mass is 155 g/mol. The lowest BCUT2D eigenvalue weighted by atomic mass is 9.78. The second-order valence-electron chi connectivity index (χ2n) is 4.12. The molecule has 0 aromatic carbocycles. The van der Waals surface area contributed by atoms with Crippen molar-refractivity contribution < 1.29 is 4.74 Å². The summed E-state index contributed by atoms with van der Waals surface area (Å²) in [5, 5.41) is 3.67. The number of nitrogens with one attached hydrogen (secondary N) is 1. The summed E-state index contributed by atoms with van der Waals surface area (Å²) in [5.74, 6) is 0. The molecule has 0 spiro atoms. The Morgan fingerprint density at radius 3 is 2.73 bits per heavy atom. The van der Waals surface area contributed by atoms with Gasteiger partial charge in [-0.25, -0.2) is 0 Å². The first-order chi connectivity index (χ1) is 5.29. The summed E-state index contributed by atoms with van der Waals surface area (Å²) in [5.41, 5.74) is 0.457. The molecule has 1 saturated heterocycles. The maximum atomic E-state index is 5.31. The summed E-state index contributed by atoms with van der Waals surface area (Å²) in [7, 11) is 0. The van der Waals surface area contributed by atoms with E-state index < -0.39 is 0 Å². The van der Waals surface area contributed by atoms with Crippen LogP contribution in [0.5, 0.6) is 0 Å². The number of hydrogen-bond acceptors (Lipinski definition) is 2. The highest BCUT2D eigenvalue weighted by atomic mass is 16.5. The highest BCUT2D eigenvalue weighted by Gasteiger charge is 2.34. The van der Waals surface area contributed by atoms with E-state index in [4.69, 9.17) is 4.74 Å². The van der Waals surface area contributed by atoms with Crippen LogP contribution in [0.1, 0.15) is 32.6 Å². The molecule has 0 aromatic heterocycles. The van der Waals surface area contributed by atoms with Crippen molar-refractivity contribution >= 4 is 0 Å². The Balaban J connectivity index is 1.79. The van der Waals surface area contributed by atoms with Gasteiger partial charge in [-0.05, 0) is 32.6 Å². The maximum absolute atomic E-state index is 5.31. The molecule has 1 N–H and O–H groups in total. The minimum absolute atomic E-state index is 0.457. The largest absolute Gasteiger partial charge is 0.380 e. The van der Waals surface area contributed by atoms with Crippen LogP contribution in [-0.4, -0.2) is 24.8 Å². The SMILES string of the molecule is CC1(NC2CCOC2)CCC1. The summed E-state index contributed by atoms with van der Waals surface area (Å²) in [4.78, 5) is 0. The summed E-state index contributed by atoms with van der Waals surface area (Å²) in [6, 6.07) is 0.639. The van der Waals surface area contributed by atoms with Crippen LogP contribution in [0.2, 0.25) is 0 Å². The van der Waals surface area contributed by atoms with E-state index in [0.29, 0.717) is 11.6 Å².